The van der Waals surface area contributed by atoms with Gasteiger partial charge >= 0.3 is 0 Å². The highest BCUT2D eigenvalue weighted by Gasteiger charge is 2.27. The molecular weight excluding hydrogens is 206 g/mol. The average molecular weight is 225 g/mol. The van der Waals surface area contributed by atoms with Gasteiger partial charge in [-0.25, -0.2) is 0 Å². The van der Waals surface area contributed by atoms with Crippen LogP contribution in [0.4, 0.5) is 5.82 Å². The Morgan fingerprint density at radius 2 is 2.38 bits per heavy atom. The number of methoxy groups -OCH3 is 1. The van der Waals surface area contributed by atoms with Crippen LogP contribution in [0.1, 0.15) is 31.2 Å². The summed E-state index contributed by atoms with van der Waals surface area (Å²) in [5.74, 6) is 0.895. The molecule has 0 bridgehead atoms. The van der Waals surface area contributed by atoms with Crippen molar-refractivity contribution in [1.29, 1.82) is 0 Å². The second-order valence-electron chi connectivity index (χ2n) is 4.18. The number of nitrogens with one attached hydrogen (secondary N) is 2. The maximum Gasteiger partial charge on any atom is 0.153 e. The molecule has 2 heterocycles. The van der Waals surface area contributed by atoms with Crippen molar-refractivity contribution in [3.63, 3.8) is 0 Å². The minimum absolute atomic E-state index is 0.0996. The molecule has 1 aliphatic heterocycles. The third kappa shape index (κ3) is 2.20. The highest BCUT2D eigenvalue weighted by Crippen LogP contribution is 2.33. The van der Waals surface area contributed by atoms with E-state index in [0.29, 0.717) is 6.61 Å². The number of hydrogen-bond acceptors (Lipinski definition) is 4. The first-order valence-corrected chi connectivity index (χ1v) is 5.67. The van der Waals surface area contributed by atoms with Crippen LogP contribution in [0.25, 0.3) is 0 Å². The number of H-pyrrole nitrogens is 1. The molecule has 1 aromatic rings. The van der Waals surface area contributed by atoms with Crippen LogP contribution in [0, 0.1) is 0 Å². The van der Waals surface area contributed by atoms with Crippen LogP contribution >= 0.6 is 0 Å². The summed E-state index contributed by atoms with van der Waals surface area (Å²) in [5, 5.41) is 10.6. The quantitative estimate of drug-likeness (QED) is 0.762. The lowest BCUT2D eigenvalue weighted by Gasteiger charge is -2.25. The lowest BCUT2D eigenvalue weighted by Crippen LogP contribution is -2.22. The Kier molecular flexibility index (Phi) is 3.46. The van der Waals surface area contributed by atoms with Crippen LogP contribution in [0.2, 0.25) is 0 Å². The molecule has 0 aromatic carbocycles. The normalized spacial score (nSPS) is 24.2. The van der Waals surface area contributed by atoms with E-state index in [4.69, 9.17) is 9.47 Å². The molecule has 2 N–H and O–H groups in total. The molecule has 0 radical (unpaired) electrons. The number of nitrogens with zero attached hydrogens (tertiary/aromatic N) is 1. The van der Waals surface area contributed by atoms with Gasteiger partial charge in [-0.3, -0.25) is 5.10 Å². The average Bonchev–Trinajstić information content (AvgIpc) is 2.62. The first-order chi connectivity index (χ1) is 7.72. The minimum atomic E-state index is 0.0996. The SMILES string of the molecule is COCCNc1n[nH]c2c1C(C)OC(C)C2. The van der Waals surface area contributed by atoms with Crippen LogP contribution < -0.4 is 5.32 Å². The zero-order valence-corrected chi connectivity index (χ0v) is 10.0. The fourth-order valence-corrected chi connectivity index (χ4v) is 2.14. The second-order valence-corrected chi connectivity index (χ2v) is 4.18. The Morgan fingerprint density at radius 1 is 1.56 bits per heavy atom. The van der Waals surface area contributed by atoms with Gasteiger partial charge in [0, 0.05) is 31.3 Å². The summed E-state index contributed by atoms with van der Waals surface area (Å²) in [6.07, 6.45) is 1.26. The van der Waals surface area contributed by atoms with Crippen LogP contribution in [0.15, 0.2) is 0 Å². The molecule has 0 spiro atoms. The molecule has 5 nitrogen and oxygen atoms in total. The molecule has 0 fully saturated rings. The van der Waals surface area contributed by atoms with Crippen LogP contribution in [-0.2, 0) is 15.9 Å². The summed E-state index contributed by atoms with van der Waals surface area (Å²) in [4.78, 5) is 0. The Balaban J connectivity index is 2.10. The number of rotatable bonds is 4. The summed E-state index contributed by atoms with van der Waals surface area (Å²) in [5.41, 5.74) is 2.35. The summed E-state index contributed by atoms with van der Waals surface area (Å²) >= 11 is 0. The molecule has 0 saturated heterocycles. The van der Waals surface area contributed by atoms with E-state index in [1.54, 1.807) is 7.11 Å². The van der Waals surface area contributed by atoms with Gasteiger partial charge in [0.15, 0.2) is 5.82 Å². The van der Waals surface area contributed by atoms with Crippen LogP contribution in [0.5, 0.6) is 0 Å². The van der Waals surface area contributed by atoms with E-state index in [1.807, 2.05) is 0 Å². The van der Waals surface area contributed by atoms with Gasteiger partial charge < -0.3 is 14.8 Å². The fourth-order valence-electron chi connectivity index (χ4n) is 2.14. The molecule has 2 rings (SSSR count). The largest absolute Gasteiger partial charge is 0.383 e. The highest BCUT2D eigenvalue weighted by molar-refractivity contribution is 5.48. The van der Waals surface area contributed by atoms with Crippen molar-refractivity contribution in [3.8, 4) is 0 Å². The van der Waals surface area contributed by atoms with Gasteiger partial charge in [0.25, 0.3) is 0 Å². The molecule has 90 valence electrons. The van der Waals surface area contributed by atoms with Crippen molar-refractivity contribution < 1.29 is 9.47 Å². The standard InChI is InChI=1S/C11H19N3O2/c1-7-6-9-10(8(2)16-7)11(14-13-9)12-4-5-15-3/h7-8H,4-6H2,1-3H3,(H2,12,13,14). The highest BCUT2D eigenvalue weighted by atomic mass is 16.5. The van der Waals surface area contributed by atoms with Crippen molar-refractivity contribution in [1.82, 2.24) is 10.2 Å². The monoisotopic (exact) mass is 225 g/mol. The van der Waals surface area contributed by atoms with E-state index in [9.17, 15) is 0 Å². The number of hydrogen-bond donors (Lipinski definition) is 2. The van der Waals surface area contributed by atoms with Crippen molar-refractivity contribution in [2.45, 2.75) is 32.5 Å². The first-order valence-electron chi connectivity index (χ1n) is 5.67. The molecular formula is C11H19N3O2. The molecule has 0 saturated carbocycles. The predicted molar refractivity (Wildman–Crippen MR) is 61.6 cm³/mol. The van der Waals surface area contributed by atoms with E-state index < -0.39 is 0 Å². The van der Waals surface area contributed by atoms with Gasteiger partial charge in [-0.1, -0.05) is 0 Å². The van der Waals surface area contributed by atoms with Gasteiger partial charge in [-0.15, -0.1) is 0 Å². The summed E-state index contributed by atoms with van der Waals surface area (Å²) in [7, 11) is 1.69. The molecule has 2 atom stereocenters. The number of ether oxygens (including phenoxy) is 2. The van der Waals surface area contributed by atoms with E-state index in [-0.39, 0.29) is 12.2 Å². The molecule has 0 amide bonds. The van der Waals surface area contributed by atoms with Crippen molar-refractivity contribution >= 4 is 5.82 Å². The first kappa shape index (κ1) is 11.4. The maximum atomic E-state index is 5.79. The van der Waals surface area contributed by atoms with E-state index in [2.05, 4.69) is 29.4 Å². The van der Waals surface area contributed by atoms with E-state index in [0.717, 1.165) is 24.3 Å². The molecule has 1 aromatic heterocycles. The molecule has 1 aliphatic rings. The molecule has 16 heavy (non-hydrogen) atoms. The number of fused-ring (bicyclic) bond motifs is 1. The zero-order valence-electron chi connectivity index (χ0n) is 10.0. The maximum absolute atomic E-state index is 5.79. The minimum Gasteiger partial charge on any atom is -0.383 e. The number of aromatic amines is 1. The third-order valence-corrected chi connectivity index (χ3v) is 2.82. The van der Waals surface area contributed by atoms with Crippen LogP contribution in [-0.4, -0.2) is 36.6 Å². The summed E-state index contributed by atoms with van der Waals surface area (Å²) in [6, 6.07) is 0. The molecule has 5 heteroatoms. The van der Waals surface area contributed by atoms with Crippen molar-refractivity contribution in [2.24, 2.45) is 0 Å². The molecule has 2 unspecified atom stereocenters. The third-order valence-electron chi connectivity index (χ3n) is 2.82. The van der Waals surface area contributed by atoms with Crippen LogP contribution in [0.3, 0.4) is 0 Å². The Hall–Kier alpha value is -1.07. The van der Waals surface area contributed by atoms with E-state index >= 15 is 0 Å². The van der Waals surface area contributed by atoms with Gasteiger partial charge in [-0.2, -0.15) is 5.10 Å². The van der Waals surface area contributed by atoms with Gasteiger partial charge in [0.2, 0.25) is 0 Å². The van der Waals surface area contributed by atoms with E-state index in [1.165, 1.54) is 5.69 Å². The Bertz CT molecular complexity index is 351. The fraction of sp³-hybridized carbons (Fsp3) is 0.727. The van der Waals surface area contributed by atoms with Gasteiger partial charge in [0.05, 0.1) is 18.8 Å². The summed E-state index contributed by atoms with van der Waals surface area (Å²) < 4.78 is 10.8. The van der Waals surface area contributed by atoms with Gasteiger partial charge in [-0.05, 0) is 13.8 Å². The Labute approximate surface area is 95.5 Å². The van der Waals surface area contributed by atoms with Crippen molar-refractivity contribution in [3.05, 3.63) is 11.3 Å². The second kappa shape index (κ2) is 4.84. The zero-order chi connectivity index (χ0) is 11.5. The smallest absolute Gasteiger partial charge is 0.153 e. The Morgan fingerprint density at radius 3 is 3.12 bits per heavy atom. The number of aromatic nitrogens is 2. The topological polar surface area (TPSA) is 59.2 Å². The molecule has 0 aliphatic carbocycles. The summed E-state index contributed by atoms with van der Waals surface area (Å²) in [6.45, 7) is 5.58. The predicted octanol–water partition coefficient (Wildman–Crippen LogP) is 1.49. The lowest BCUT2D eigenvalue weighted by atomic mass is 10.0. The number of anilines is 1. The lowest BCUT2D eigenvalue weighted by molar-refractivity contribution is -0.00479. The van der Waals surface area contributed by atoms with Gasteiger partial charge in [0.1, 0.15) is 0 Å². The van der Waals surface area contributed by atoms with Crippen molar-refractivity contribution in [2.75, 3.05) is 25.6 Å².